The van der Waals surface area contributed by atoms with Crippen LogP contribution in [-0.4, -0.2) is 20.0 Å². The molecule has 0 atom stereocenters. The van der Waals surface area contributed by atoms with Gasteiger partial charge in [0.1, 0.15) is 23.9 Å². The third-order valence-corrected chi connectivity index (χ3v) is 5.22. The van der Waals surface area contributed by atoms with Crippen molar-refractivity contribution >= 4 is 22.6 Å². The molecule has 4 heteroatoms. The van der Waals surface area contributed by atoms with Crippen LogP contribution in [0.1, 0.15) is 21.5 Å². The van der Waals surface area contributed by atoms with Crippen LogP contribution in [0.3, 0.4) is 0 Å². The smallest absolute Gasteiger partial charge is 0.185 e. The zero-order chi connectivity index (χ0) is 22.3. The lowest BCUT2D eigenvalue weighted by molar-refractivity contribution is 0.104. The Labute approximate surface area is 187 Å². The first kappa shape index (κ1) is 21.2. The van der Waals surface area contributed by atoms with Gasteiger partial charge in [0.2, 0.25) is 0 Å². The maximum Gasteiger partial charge on any atom is 0.185 e. The molecule has 32 heavy (non-hydrogen) atoms. The molecule has 0 spiro atoms. The van der Waals surface area contributed by atoms with Crippen molar-refractivity contribution in [2.45, 2.75) is 6.61 Å². The van der Waals surface area contributed by atoms with E-state index in [0.29, 0.717) is 12.2 Å². The van der Waals surface area contributed by atoms with Gasteiger partial charge in [-0.2, -0.15) is 0 Å². The Morgan fingerprint density at radius 1 is 0.781 bits per heavy atom. The van der Waals surface area contributed by atoms with Gasteiger partial charge in [0.05, 0.1) is 14.2 Å². The Morgan fingerprint density at radius 2 is 1.53 bits per heavy atom. The molecule has 0 bridgehead atoms. The fourth-order valence-electron chi connectivity index (χ4n) is 3.46. The van der Waals surface area contributed by atoms with Crippen LogP contribution in [0.2, 0.25) is 0 Å². The maximum atomic E-state index is 12.7. The van der Waals surface area contributed by atoms with Crippen molar-refractivity contribution in [3.8, 4) is 17.2 Å². The first-order valence-electron chi connectivity index (χ1n) is 10.3. The second-order valence-corrected chi connectivity index (χ2v) is 7.30. The van der Waals surface area contributed by atoms with Gasteiger partial charge in [-0.05, 0) is 64.9 Å². The van der Waals surface area contributed by atoms with Crippen LogP contribution in [-0.2, 0) is 6.61 Å². The minimum Gasteiger partial charge on any atom is -0.497 e. The van der Waals surface area contributed by atoms with Gasteiger partial charge in [0.15, 0.2) is 5.78 Å². The summed E-state index contributed by atoms with van der Waals surface area (Å²) < 4.78 is 16.5. The summed E-state index contributed by atoms with van der Waals surface area (Å²) in [5.41, 5.74) is 2.45. The summed E-state index contributed by atoms with van der Waals surface area (Å²) in [6, 6.07) is 26.9. The highest BCUT2D eigenvalue weighted by molar-refractivity contribution is 6.08. The van der Waals surface area contributed by atoms with E-state index in [4.69, 9.17) is 14.2 Å². The van der Waals surface area contributed by atoms with E-state index in [2.05, 4.69) is 0 Å². The van der Waals surface area contributed by atoms with Crippen molar-refractivity contribution in [2.75, 3.05) is 14.2 Å². The van der Waals surface area contributed by atoms with E-state index in [0.717, 1.165) is 39.1 Å². The highest BCUT2D eigenvalue weighted by atomic mass is 16.5. The Morgan fingerprint density at radius 3 is 2.28 bits per heavy atom. The van der Waals surface area contributed by atoms with E-state index >= 15 is 0 Å². The van der Waals surface area contributed by atoms with E-state index in [-0.39, 0.29) is 5.78 Å². The Kier molecular flexibility index (Phi) is 6.52. The number of carbonyl (C=O) groups excluding carboxylic acids is 1. The molecule has 4 aromatic carbocycles. The van der Waals surface area contributed by atoms with E-state index < -0.39 is 0 Å². The molecule has 0 aliphatic rings. The molecule has 0 unspecified atom stereocenters. The largest absolute Gasteiger partial charge is 0.497 e. The second-order valence-electron chi connectivity index (χ2n) is 7.30. The van der Waals surface area contributed by atoms with E-state index in [1.165, 1.54) is 0 Å². The lowest BCUT2D eigenvalue weighted by Gasteiger charge is -2.11. The molecular weight excluding hydrogens is 400 g/mol. The van der Waals surface area contributed by atoms with E-state index in [1.807, 2.05) is 91.0 Å². The predicted molar refractivity (Wildman–Crippen MR) is 128 cm³/mol. The fourth-order valence-corrected chi connectivity index (χ4v) is 3.46. The maximum absolute atomic E-state index is 12.7. The number of ketones is 1. The molecule has 4 nitrogen and oxygen atoms in total. The SMILES string of the molecule is COc1ccc(OCc2cc(/C=C/C(=O)c3ccc4ccccc4c3)ccc2OC)cc1. The first-order valence-corrected chi connectivity index (χ1v) is 10.3. The number of ether oxygens (including phenoxy) is 3. The Balaban J connectivity index is 1.48. The quantitative estimate of drug-likeness (QED) is 0.245. The number of fused-ring (bicyclic) bond motifs is 1. The normalized spacial score (nSPS) is 10.9. The van der Waals surface area contributed by atoms with Crippen LogP contribution < -0.4 is 14.2 Å². The van der Waals surface area contributed by atoms with Crippen molar-refractivity contribution in [2.24, 2.45) is 0 Å². The molecule has 4 rings (SSSR count). The monoisotopic (exact) mass is 424 g/mol. The molecular formula is C28H24O4. The molecule has 0 heterocycles. The molecule has 0 saturated heterocycles. The van der Waals surface area contributed by atoms with Crippen LogP contribution >= 0.6 is 0 Å². The van der Waals surface area contributed by atoms with Crippen molar-refractivity contribution < 1.29 is 19.0 Å². The van der Waals surface area contributed by atoms with E-state index in [9.17, 15) is 4.79 Å². The number of hydrogen-bond donors (Lipinski definition) is 0. The van der Waals surface area contributed by atoms with Crippen LogP contribution in [0, 0.1) is 0 Å². The summed E-state index contributed by atoms with van der Waals surface area (Å²) >= 11 is 0. The molecule has 0 fully saturated rings. The number of hydrogen-bond acceptors (Lipinski definition) is 4. The molecule has 0 amide bonds. The molecule has 0 aliphatic heterocycles. The van der Waals surface area contributed by atoms with Crippen LogP contribution in [0.5, 0.6) is 17.2 Å². The van der Waals surface area contributed by atoms with Gasteiger partial charge in [-0.25, -0.2) is 0 Å². The van der Waals surface area contributed by atoms with E-state index in [1.54, 1.807) is 20.3 Å². The fraction of sp³-hybridized carbons (Fsp3) is 0.107. The number of methoxy groups -OCH3 is 2. The van der Waals surface area contributed by atoms with Gasteiger partial charge >= 0.3 is 0 Å². The van der Waals surface area contributed by atoms with Crippen LogP contribution in [0.4, 0.5) is 0 Å². The summed E-state index contributed by atoms with van der Waals surface area (Å²) in [5.74, 6) is 2.21. The van der Waals surface area contributed by atoms with Gasteiger partial charge in [-0.3, -0.25) is 4.79 Å². The summed E-state index contributed by atoms with van der Waals surface area (Å²) in [6.07, 6.45) is 3.41. The second kappa shape index (κ2) is 9.84. The van der Waals surface area contributed by atoms with Gasteiger partial charge in [0.25, 0.3) is 0 Å². The lowest BCUT2D eigenvalue weighted by Crippen LogP contribution is -1.99. The molecule has 0 saturated carbocycles. The summed E-state index contributed by atoms with van der Waals surface area (Å²) in [6.45, 7) is 0.343. The molecule has 0 N–H and O–H groups in total. The number of carbonyl (C=O) groups is 1. The van der Waals surface area contributed by atoms with Crippen molar-refractivity contribution in [1.29, 1.82) is 0 Å². The summed E-state index contributed by atoms with van der Waals surface area (Å²) in [7, 11) is 3.26. The molecule has 4 aromatic rings. The third kappa shape index (κ3) is 4.98. The van der Waals surface area contributed by atoms with Gasteiger partial charge in [0, 0.05) is 11.1 Å². The highest BCUT2D eigenvalue weighted by Gasteiger charge is 2.07. The summed E-state index contributed by atoms with van der Waals surface area (Å²) in [4.78, 5) is 12.7. The molecule has 160 valence electrons. The highest BCUT2D eigenvalue weighted by Crippen LogP contribution is 2.24. The number of benzene rings is 4. The minimum atomic E-state index is -0.0393. The lowest BCUT2D eigenvalue weighted by atomic mass is 10.0. The van der Waals surface area contributed by atoms with Crippen molar-refractivity contribution in [3.63, 3.8) is 0 Å². The number of allylic oxidation sites excluding steroid dienone is 1. The molecule has 0 aliphatic carbocycles. The Bertz CT molecular complexity index is 1260. The standard InChI is InChI=1S/C28H24O4/c1-30-25-11-13-26(14-12-25)32-19-24-17-20(8-16-28(24)31-2)7-15-27(29)23-10-9-21-5-3-4-6-22(21)18-23/h3-18H,19H2,1-2H3/b15-7+. The van der Waals surface area contributed by atoms with Gasteiger partial charge < -0.3 is 14.2 Å². The topological polar surface area (TPSA) is 44.8 Å². The predicted octanol–water partition coefficient (Wildman–Crippen LogP) is 6.33. The molecule has 0 radical (unpaired) electrons. The van der Waals surface area contributed by atoms with Gasteiger partial charge in [-0.15, -0.1) is 0 Å². The van der Waals surface area contributed by atoms with Gasteiger partial charge in [-0.1, -0.05) is 48.5 Å². The third-order valence-electron chi connectivity index (χ3n) is 5.22. The summed E-state index contributed by atoms with van der Waals surface area (Å²) in [5, 5.41) is 2.17. The minimum absolute atomic E-state index is 0.0393. The zero-order valence-electron chi connectivity index (χ0n) is 18.1. The number of rotatable bonds is 8. The first-order chi connectivity index (χ1) is 15.7. The average Bonchev–Trinajstić information content (AvgIpc) is 2.86. The van der Waals surface area contributed by atoms with Crippen LogP contribution in [0.25, 0.3) is 16.8 Å². The van der Waals surface area contributed by atoms with Crippen molar-refractivity contribution in [1.82, 2.24) is 0 Å². The van der Waals surface area contributed by atoms with Crippen LogP contribution in [0.15, 0.2) is 91.0 Å². The zero-order valence-corrected chi connectivity index (χ0v) is 18.1. The average molecular weight is 424 g/mol. The molecule has 0 aromatic heterocycles. The van der Waals surface area contributed by atoms with Crippen molar-refractivity contribution in [3.05, 3.63) is 108 Å². The Hall–Kier alpha value is -4.05.